The predicted molar refractivity (Wildman–Crippen MR) is 178 cm³/mol. The molecule has 56 heavy (non-hydrogen) atoms. The molecule has 0 spiro atoms. The van der Waals surface area contributed by atoms with Gasteiger partial charge in [0, 0.05) is 0 Å². The van der Waals surface area contributed by atoms with Gasteiger partial charge in [-0.3, -0.25) is 15.0 Å². The van der Waals surface area contributed by atoms with Crippen molar-refractivity contribution in [1.82, 2.24) is 29.9 Å². The minimum absolute atomic E-state index is 0. The summed E-state index contributed by atoms with van der Waals surface area (Å²) in [7, 11) is 25.5. The second-order valence-corrected chi connectivity index (χ2v) is 13.6. The maximum atomic E-state index is 10.1. The van der Waals surface area contributed by atoms with Crippen molar-refractivity contribution in [2.75, 3.05) is 84.6 Å². The minimum Gasteiger partial charge on any atom is -0.543 e. The molecule has 0 atom stereocenters. The van der Waals surface area contributed by atoms with Crippen molar-refractivity contribution < 1.29 is 144 Å². The first-order valence-electron chi connectivity index (χ1n) is 13.9. The Morgan fingerprint density at radius 3 is 0.500 bits per heavy atom. The molecule has 3 aromatic heterocycles. The predicted octanol–water partition coefficient (Wildman–Crippen LogP) is -10.7. The number of quaternary nitrogens is 3. The average Bonchev–Trinajstić information content (AvgIpc) is 2.95. The molecule has 0 radical (unpaired) electrons. The number of aromatic nitrogens is 6. The van der Waals surface area contributed by atoms with Crippen LogP contribution >= 0.6 is 0 Å². The van der Waals surface area contributed by atoms with Crippen molar-refractivity contribution in [2.45, 2.75) is 0 Å². The standard InChI is InChI=1S/3C6H4N2O4.3C4H12N.Eu.4H2O/c3*9-5(10)3-1-7-2-4(8-3)6(11)12;3*1-5(2,3)4;;;;;/h3*1-2H,(H,9,10)(H,11,12);3*1-4H3;;4*1H2/q;;;3*+1;+3;;;;/p-6. The van der Waals surface area contributed by atoms with E-state index in [0.717, 1.165) is 50.6 Å². The van der Waals surface area contributed by atoms with Crippen LogP contribution in [-0.2, 0) is 0 Å². The maximum Gasteiger partial charge on any atom is 3.00 e. The van der Waals surface area contributed by atoms with Crippen LogP contribution in [0.4, 0.5) is 0 Å². The first-order valence-corrected chi connectivity index (χ1v) is 13.9. The molecule has 26 heteroatoms. The Bertz CT molecular complexity index is 1330. The van der Waals surface area contributed by atoms with E-state index < -0.39 is 70.0 Å². The molecule has 0 amide bonds. The van der Waals surface area contributed by atoms with Gasteiger partial charge in [-0.25, -0.2) is 15.0 Å². The first kappa shape index (κ1) is 69.3. The summed E-state index contributed by atoms with van der Waals surface area (Å²) in [6, 6.07) is 0. The zero-order valence-corrected chi connectivity index (χ0v) is 35.2. The van der Waals surface area contributed by atoms with E-state index in [4.69, 9.17) is 0 Å². The minimum atomic E-state index is -1.58. The molecule has 8 N–H and O–H groups in total. The van der Waals surface area contributed by atoms with Crippen LogP contribution in [0.2, 0.25) is 0 Å². The average molecular weight is 945 g/mol. The summed E-state index contributed by atoms with van der Waals surface area (Å²) >= 11 is 0. The number of hydrogen-bond acceptors (Lipinski definition) is 18. The van der Waals surface area contributed by atoms with Gasteiger partial charge in [-0.05, 0) is 0 Å². The SMILES string of the molecule is C[N+](C)(C)C.C[N+](C)(C)C.C[N+](C)(C)C.O.O.O.O.O=C([O-])c1cncc(C(=O)[O-])n1.O=C([O-])c1cncc(C(=O)[O-])n1.O=C([O-])c1cncc(C(=O)[O-])n1.[Eu+3]. The second-order valence-electron chi connectivity index (χ2n) is 13.6. The van der Waals surface area contributed by atoms with Gasteiger partial charge >= 0.3 is 49.4 Å². The van der Waals surface area contributed by atoms with Crippen molar-refractivity contribution in [3.63, 3.8) is 0 Å². The molecular formula is C30H50EuN9O16. The van der Waals surface area contributed by atoms with Crippen LogP contribution in [0.1, 0.15) is 62.9 Å². The third-order valence-corrected chi connectivity index (χ3v) is 3.16. The van der Waals surface area contributed by atoms with Gasteiger partial charge in [-0.15, -0.1) is 0 Å². The molecule has 3 rings (SSSR count). The molecule has 25 nitrogen and oxygen atoms in total. The molecular weight excluding hydrogens is 894 g/mol. The summed E-state index contributed by atoms with van der Waals surface area (Å²) in [4.78, 5) is 80.4. The van der Waals surface area contributed by atoms with E-state index >= 15 is 0 Å². The largest absolute Gasteiger partial charge is 3.00 e. The normalized spacial score (nSPS) is 9.21. The molecule has 0 saturated carbocycles. The fourth-order valence-electron chi connectivity index (χ4n) is 1.69. The fourth-order valence-corrected chi connectivity index (χ4v) is 1.69. The molecule has 0 fully saturated rings. The molecule has 0 aromatic carbocycles. The summed E-state index contributed by atoms with van der Waals surface area (Å²) in [5.74, 6) is -9.47. The number of rotatable bonds is 6. The van der Waals surface area contributed by atoms with Crippen molar-refractivity contribution in [2.24, 2.45) is 0 Å². The van der Waals surface area contributed by atoms with Gasteiger partial charge in [0.25, 0.3) is 0 Å². The number of nitrogens with zero attached hydrogens (tertiary/aromatic N) is 9. The maximum absolute atomic E-state index is 10.1. The Labute approximate surface area is 363 Å². The molecule has 0 bridgehead atoms. The fraction of sp³-hybridized carbons (Fsp3) is 0.400. The van der Waals surface area contributed by atoms with E-state index in [1.807, 2.05) is 0 Å². The number of carbonyl (C=O) groups is 6. The number of carbonyl (C=O) groups excluding carboxylic acids is 6. The van der Waals surface area contributed by atoms with Gasteiger partial charge in [0.05, 0.1) is 158 Å². The van der Waals surface area contributed by atoms with Crippen molar-refractivity contribution in [3.05, 3.63) is 71.3 Å². The van der Waals surface area contributed by atoms with E-state index in [1.165, 1.54) is 0 Å². The summed E-state index contributed by atoms with van der Waals surface area (Å²) < 4.78 is 3.00. The summed E-state index contributed by atoms with van der Waals surface area (Å²) in [5, 5.41) is 60.9. The molecule has 0 aliphatic carbocycles. The van der Waals surface area contributed by atoms with Crippen molar-refractivity contribution in [1.29, 1.82) is 0 Å². The first-order chi connectivity index (χ1) is 22.8. The van der Waals surface area contributed by atoms with Gasteiger partial charge in [0.15, 0.2) is 0 Å². The van der Waals surface area contributed by atoms with Crippen molar-refractivity contribution in [3.8, 4) is 0 Å². The van der Waals surface area contributed by atoms with Crippen molar-refractivity contribution >= 4 is 35.8 Å². The monoisotopic (exact) mass is 945 g/mol. The number of carboxylic acids is 6. The topological polar surface area (TPSA) is 444 Å². The molecule has 0 aliphatic rings. The van der Waals surface area contributed by atoms with Gasteiger partial charge in [0.2, 0.25) is 0 Å². The van der Waals surface area contributed by atoms with Crippen LogP contribution in [0.25, 0.3) is 0 Å². The molecule has 0 saturated heterocycles. The Balaban J connectivity index is -0.0000000843. The van der Waals surface area contributed by atoms with E-state index in [9.17, 15) is 59.4 Å². The van der Waals surface area contributed by atoms with Crippen LogP contribution in [-0.4, -0.2) is 186 Å². The van der Waals surface area contributed by atoms with E-state index in [1.54, 1.807) is 0 Å². The van der Waals surface area contributed by atoms with Gasteiger partial charge in [-0.1, -0.05) is 0 Å². The quantitative estimate of drug-likeness (QED) is 0.207. The Hall–Kier alpha value is -4.64. The number of carboxylic acid groups (broad SMARTS) is 6. The van der Waals surface area contributed by atoms with Gasteiger partial charge < -0.3 is 94.8 Å². The molecule has 318 valence electrons. The molecule has 3 aromatic rings. The second kappa shape index (κ2) is 32.6. The van der Waals surface area contributed by atoms with Crippen LogP contribution in [0, 0.1) is 49.4 Å². The zero-order valence-electron chi connectivity index (χ0n) is 32.8. The van der Waals surface area contributed by atoms with E-state index in [2.05, 4.69) is 114 Å². The van der Waals surface area contributed by atoms with Gasteiger partial charge in [0.1, 0.15) is 34.2 Å². The molecule has 3 heterocycles. The van der Waals surface area contributed by atoms with Crippen LogP contribution in [0.3, 0.4) is 0 Å². The Kier molecular flexibility index (Phi) is 40.3. The number of hydrogen-bond donors (Lipinski definition) is 0. The summed E-state index contributed by atoms with van der Waals surface area (Å²) in [6.07, 6.45) is 5.34. The van der Waals surface area contributed by atoms with Crippen LogP contribution < -0.4 is 30.6 Å². The van der Waals surface area contributed by atoms with E-state index in [0.29, 0.717) is 0 Å². The Morgan fingerprint density at radius 2 is 0.429 bits per heavy atom. The smallest absolute Gasteiger partial charge is 0.543 e. The molecule has 0 aliphatic heterocycles. The zero-order chi connectivity index (χ0) is 40.9. The van der Waals surface area contributed by atoms with Crippen LogP contribution in [0.5, 0.6) is 0 Å². The third-order valence-electron chi connectivity index (χ3n) is 3.16. The summed E-state index contributed by atoms with van der Waals surface area (Å²) in [5.41, 5.74) is -3.18. The third kappa shape index (κ3) is 47.4. The summed E-state index contributed by atoms with van der Waals surface area (Å²) in [6.45, 7) is 0. The van der Waals surface area contributed by atoms with Crippen LogP contribution in [0.15, 0.2) is 37.2 Å². The number of aromatic carboxylic acids is 6. The van der Waals surface area contributed by atoms with E-state index in [-0.39, 0.29) is 71.3 Å². The Morgan fingerprint density at radius 1 is 0.339 bits per heavy atom. The van der Waals surface area contributed by atoms with Gasteiger partial charge in [-0.2, -0.15) is 0 Å². The molecule has 0 unspecified atom stereocenters.